The second-order valence-corrected chi connectivity index (χ2v) is 6.86. The number of hydrogen-bond acceptors (Lipinski definition) is 3. The van der Waals surface area contributed by atoms with E-state index in [0.29, 0.717) is 25.3 Å². The third-order valence-corrected chi connectivity index (χ3v) is 4.55. The Bertz CT molecular complexity index is 678. The number of rotatable bonds is 7. The molecular weight excluding hydrogens is 378 g/mol. The summed E-state index contributed by atoms with van der Waals surface area (Å²) in [6, 6.07) is 5.64. The number of likely N-dealkylation sites (tertiary alicyclic amines) is 1. The van der Waals surface area contributed by atoms with Gasteiger partial charge in [0.15, 0.2) is 5.96 Å². The minimum Gasteiger partial charge on any atom is -0.369 e. The summed E-state index contributed by atoms with van der Waals surface area (Å²) in [6.07, 6.45) is -3.32. The second-order valence-electron chi connectivity index (χ2n) is 6.86. The van der Waals surface area contributed by atoms with E-state index in [-0.39, 0.29) is 24.9 Å². The van der Waals surface area contributed by atoms with Gasteiger partial charge in [0.05, 0.1) is 12.5 Å². The second kappa shape index (κ2) is 9.72. The highest BCUT2D eigenvalue weighted by atomic mass is 19.4. The fourth-order valence-electron chi connectivity index (χ4n) is 3.13. The molecule has 1 fully saturated rings. The molecule has 1 aliphatic heterocycles. The van der Waals surface area contributed by atoms with Gasteiger partial charge in [-0.25, -0.2) is 4.39 Å². The van der Waals surface area contributed by atoms with Crippen molar-refractivity contribution in [1.29, 1.82) is 0 Å². The highest BCUT2D eigenvalue weighted by Crippen LogP contribution is 2.20. The predicted octanol–water partition coefficient (Wildman–Crippen LogP) is 1.27. The number of nitrogens with one attached hydrogen (secondary N) is 2. The molecule has 1 saturated heterocycles. The predicted molar refractivity (Wildman–Crippen MR) is 98.2 cm³/mol. The average molecular weight is 403 g/mol. The Labute approximate surface area is 161 Å². The van der Waals surface area contributed by atoms with Crippen LogP contribution in [0, 0.1) is 11.7 Å². The first-order chi connectivity index (χ1) is 13.2. The molecule has 10 heteroatoms. The molecule has 1 amide bonds. The molecule has 1 aromatic rings. The van der Waals surface area contributed by atoms with Crippen LogP contribution in [0.2, 0.25) is 0 Å². The van der Waals surface area contributed by atoms with Gasteiger partial charge in [0.2, 0.25) is 5.91 Å². The maximum absolute atomic E-state index is 13.0. The maximum Gasteiger partial charge on any atom is 0.401 e. The van der Waals surface area contributed by atoms with E-state index in [9.17, 15) is 22.4 Å². The summed E-state index contributed by atoms with van der Waals surface area (Å²) in [5, 5.41) is 6.07. The van der Waals surface area contributed by atoms with Crippen molar-refractivity contribution in [3.05, 3.63) is 35.6 Å². The molecule has 0 saturated carbocycles. The summed E-state index contributed by atoms with van der Waals surface area (Å²) >= 11 is 0. The maximum atomic E-state index is 13.0. The molecule has 0 aromatic heterocycles. The number of nitrogens with zero attached hydrogens (tertiary/aromatic N) is 2. The van der Waals surface area contributed by atoms with Crippen molar-refractivity contribution in [3.63, 3.8) is 0 Å². The van der Waals surface area contributed by atoms with Gasteiger partial charge in [-0.1, -0.05) is 12.1 Å². The molecule has 28 heavy (non-hydrogen) atoms. The smallest absolute Gasteiger partial charge is 0.369 e. The molecule has 6 nitrogen and oxygen atoms in total. The SMILES string of the molecule is CN=C(NCC(Cc1ccc(F)cc1)C(N)=O)NC1CCN(CC(F)(F)F)C1. The van der Waals surface area contributed by atoms with Crippen molar-refractivity contribution in [2.45, 2.75) is 25.1 Å². The lowest BCUT2D eigenvalue weighted by molar-refractivity contribution is -0.143. The highest BCUT2D eigenvalue weighted by Gasteiger charge is 2.34. The lowest BCUT2D eigenvalue weighted by atomic mass is 9.98. The number of nitrogens with two attached hydrogens (primary N) is 1. The molecule has 0 aliphatic carbocycles. The number of amides is 1. The monoisotopic (exact) mass is 403 g/mol. The summed E-state index contributed by atoms with van der Waals surface area (Å²) < 4.78 is 50.5. The van der Waals surface area contributed by atoms with E-state index in [2.05, 4.69) is 15.6 Å². The van der Waals surface area contributed by atoms with E-state index >= 15 is 0 Å². The van der Waals surface area contributed by atoms with Crippen LogP contribution in [0.15, 0.2) is 29.3 Å². The van der Waals surface area contributed by atoms with Gasteiger partial charge in [-0.2, -0.15) is 13.2 Å². The number of benzene rings is 1. The Hall–Kier alpha value is -2.36. The van der Waals surface area contributed by atoms with E-state index in [4.69, 9.17) is 5.73 Å². The molecule has 0 bridgehead atoms. The lowest BCUT2D eigenvalue weighted by Crippen LogP contribution is -2.47. The fraction of sp³-hybridized carbons (Fsp3) is 0.556. The van der Waals surface area contributed by atoms with Crippen molar-refractivity contribution in [2.75, 3.05) is 33.2 Å². The number of aliphatic imine (C=N–C) groups is 1. The number of carbonyl (C=O) groups is 1. The lowest BCUT2D eigenvalue weighted by Gasteiger charge is -2.21. The van der Waals surface area contributed by atoms with Crippen molar-refractivity contribution in [1.82, 2.24) is 15.5 Å². The standard InChI is InChI=1S/C18H25F4N5O/c1-24-17(26-15-6-7-27(10-15)11-18(20,21)22)25-9-13(16(23)28)8-12-2-4-14(19)5-3-12/h2-5,13,15H,6-11H2,1H3,(H2,23,28)(H2,24,25,26). The molecule has 4 N–H and O–H groups in total. The highest BCUT2D eigenvalue weighted by molar-refractivity contribution is 5.82. The van der Waals surface area contributed by atoms with Crippen molar-refractivity contribution in [2.24, 2.45) is 16.6 Å². The minimum absolute atomic E-state index is 0.169. The quantitative estimate of drug-likeness (QED) is 0.364. The fourth-order valence-corrected chi connectivity index (χ4v) is 3.13. The van der Waals surface area contributed by atoms with Gasteiger partial charge in [0.25, 0.3) is 0 Å². The zero-order valence-corrected chi connectivity index (χ0v) is 15.6. The third-order valence-electron chi connectivity index (χ3n) is 4.55. The van der Waals surface area contributed by atoms with Crippen molar-refractivity contribution in [3.8, 4) is 0 Å². The van der Waals surface area contributed by atoms with Gasteiger partial charge < -0.3 is 16.4 Å². The number of carbonyl (C=O) groups excluding carboxylic acids is 1. The van der Waals surface area contributed by atoms with Gasteiger partial charge >= 0.3 is 6.18 Å². The summed E-state index contributed by atoms with van der Waals surface area (Å²) in [5.74, 6) is -1.03. The van der Waals surface area contributed by atoms with Gasteiger partial charge in [0, 0.05) is 32.7 Å². The van der Waals surface area contributed by atoms with Crippen LogP contribution in [0.4, 0.5) is 17.6 Å². The molecule has 0 radical (unpaired) electrons. The van der Waals surface area contributed by atoms with Crippen LogP contribution in [-0.4, -0.2) is 62.2 Å². The Kier molecular flexibility index (Phi) is 7.61. The first kappa shape index (κ1) is 21.9. The Morgan fingerprint density at radius 3 is 2.61 bits per heavy atom. The van der Waals surface area contributed by atoms with E-state index in [1.54, 1.807) is 12.1 Å². The van der Waals surface area contributed by atoms with E-state index in [0.717, 1.165) is 5.56 Å². The van der Waals surface area contributed by atoms with Crippen LogP contribution in [0.5, 0.6) is 0 Å². The third kappa shape index (κ3) is 7.34. The van der Waals surface area contributed by atoms with Gasteiger partial charge in [0.1, 0.15) is 5.82 Å². The minimum atomic E-state index is -4.22. The van der Waals surface area contributed by atoms with Crippen LogP contribution in [0.3, 0.4) is 0 Å². The summed E-state index contributed by atoms with van der Waals surface area (Å²) in [5.41, 5.74) is 6.23. The van der Waals surface area contributed by atoms with E-state index < -0.39 is 24.5 Å². The Morgan fingerprint density at radius 2 is 2.04 bits per heavy atom. The van der Waals surface area contributed by atoms with E-state index in [1.165, 1.54) is 24.1 Å². The van der Waals surface area contributed by atoms with Gasteiger partial charge in [-0.3, -0.25) is 14.7 Å². The molecule has 0 spiro atoms. The summed E-state index contributed by atoms with van der Waals surface area (Å²) in [4.78, 5) is 17.1. The zero-order chi connectivity index (χ0) is 20.7. The molecule has 2 unspecified atom stereocenters. The van der Waals surface area contributed by atoms with Crippen LogP contribution in [-0.2, 0) is 11.2 Å². The van der Waals surface area contributed by atoms with Crippen LogP contribution in [0.1, 0.15) is 12.0 Å². The molecular formula is C18H25F4N5O. The van der Waals surface area contributed by atoms with E-state index in [1.807, 2.05) is 0 Å². The molecule has 1 aromatic carbocycles. The first-order valence-electron chi connectivity index (χ1n) is 8.96. The van der Waals surface area contributed by atoms with Crippen LogP contribution in [0.25, 0.3) is 0 Å². The average Bonchev–Trinajstić information content (AvgIpc) is 3.03. The van der Waals surface area contributed by atoms with Gasteiger partial charge in [-0.05, 0) is 30.5 Å². The number of alkyl halides is 3. The van der Waals surface area contributed by atoms with Crippen LogP contribution < -0.4 is 16.4 Å². The molecule has 2 atom stereocenters. The normalized spacial score (nSPS) is 19.5. The molecule has 156 valence electrons. The number of primary amides is 1. The molecule has 2 rings (SSSR count). The Morgan fingerprint density at radius 1 is 1.36 bits per heavy atom. The first-order valence-corrected chi connectivity index (χ1v) is 8.96. The zero-order valence-electron chi connectivity index (χ0n) is 15.6. The molecule has 1 aliphatic rings. The topological polar surface area (TPSA) is 82.7 Å². The summed E-state index contributed by atoms with van der Waals surface area (Å²) in [7, 11) is 1.54. The number of guanidine groups is 1. The largest absolute Gasteiger partial charge is 0.401 e. The van der Waals surface area contributed by atoms with Crippen molar-refractivity contribution >= 4 is 11.9 Å². The Balaban J connectivity index is 1.84. The number of hydrogen-bond donors (Lipinski definition) is 3. The number of halogens is 4. The summed E-state index contributed by atoms with van der Waals surface area (Å²) in [6.45, 7) is -0.123. The van der Waals surface area contributed by atoms with Crippen LogP contribution >= 0.6 is 0 Å². The van der Waals surface area contributed by atoms with Gasteiger partial charge in [-0.15, -0.1) is 0 Å². The van der Waals surface area contributed by atoms with Crippen molar-refractivity contribution < 1.29 is 22.4 Å². The molecule has 1 heterocycles.